The number of carbonyl (C=O) groups is 2. The quantitative estimate of drug-likeness (QED) is 0.661. The number of carbonyl (C=O) groups excluding carboxylic acids is 2. The summed E-state index contributed by atoms with van der Waals surface area (Å²) in [4.78, 5) is 24.9. The van der Waals surface area contributed by atoms with Crippen molar-refractivity contribution in [1.29, 1.82) is 0 Å². The lowest BCUT2D eigenvalue weighted by Gasteiger charge is -2.20. The molecule has 0 spiro atoms. The maximum atomic E-state index is 12.5. The summed E-state index contributed by atoms with van der Waals surface area (Å²) in [6.07, 6.45) is 2.23. The van der Waals surface area contributed by atoms with Crippen LogP contribution in [0.1, 0.15) is 71.4 Å². The number of halogens is 1. The molecule has 8 heteroatoms. The van der Waals surface area contributed by atoms with Gasteiger partial charge in [-0.25, -0.2) is 10.9 Å². The molecule has 0 radical (unpaired) electrons. The SMILES string of the molecule is Cc1c(C(=O)NNC(C)(C)C)oc2c1/C(=N/NC(=O)c1cccc(Cl)c1)CCC2. The van der Waals surface area contributed by atoms with E-state index < -0.39 is 0 Å². The van der Waals surface area contributed by atoms with Gasteiger partial charge in [-0.3, -0.25) is 15.0 Å². The molecule has 1 aliphatic rings. The summed E-state index contributed by atoms with van der Waals surface area (Å²) >= 11 is 5.94. The molecule has 3 rings (SSSR count). The third kappa shape index (κ3) is 5.05. The minimum atomic E-state index is -0.347. The van der Waals surface area contributed by atoms with Crippen molar-refractivity contribution >= 4 is 29.1 Å². The summed E-state index contributed by atoms with van der Waals surface area (Å²) in [7, 11) is 0. The Morgan fingerprint density at radius 3 is 2.62 bits per heavy atom. The fourth-order valence-electron chi connectivity index (χ4n) is 3.11. The van der Waals surface area contributed by atoms with E-state index >= 15 is 0 Å². The van der Waals surface area contributed by atoms with Gasteiger partial charge < -0.3 is 4.42 Å². The van der Waals surface area contributed by atoms with E-state index in [9.17, 15) is 9.59 Å². The second kappa shape index (κ2) is 8.39. The molecule has 0 saturated carbocycles. The number of hydrazine groups is 1. The fraction of sp³-hybridized carbons (Fsp3) is 0.381. The molecule has 1 aromatic heterocycles. The highest BCUT2D eigenvalue weighted by Crippen LogP contribution is 2.29. The molecule has 1 aromatic carbocycles. The van der Waals surface area contributed by atoms with Gasteiger partial charge in [0.2, 0.25) is 0 Å². The van der Waals surface area contributed by atoms with Gasteiger partial charge in [0.1, 0.15) is 5.76 Å². The molecule has 0 aliphatic heterocycles. The van der Waals surface area contributed by atoms with Crippen molar-refractivity contribution in [2.75, 3.05) is 0 Å². The van der Waals surface area contributed by atoms with Crippen LogP contribution < -0.4 is 16.3 Å². The van der Waals surface area contributed by atoms with Gasteiger partial charge in [0.05, 0.1) is 5.71 Å². The zero-order valence-corrected chi connectivity index (χ0v) is 17.7. The molecule has 154 valence electrons. The third-order valence-electron chi connectivity index (χ3n) is 4.46. The largest absolute Gasteiger partial charge is 0.455 e. The summed E-state index contributed by atoms with van der Waals surface area (Å²) in [6, 6.07) is 6.66. The summed E-state index contributed by atoms with van der Waals surface area (Å²) in [5.74, 6) is 0.280. The van der Waals surface area contributed by atoms with Gasteiger partial charge in [0.15, 0.2) is 5.76 Å². The van der Waals surface area contributed by atoms with Crippen LogP contribution in [-0.2, 0) is 6.42 Å². The van der Waals surface area contributed by atoms with Crippen LogP contribution in [0.3, 0.4) is 0 Å². The van der Waals surface area contributed by atoms with Gasteiger partial charge in [-0.05, 0) is 58.7 Å². The summed E-state index contributed by atoms with van der Waals surface area (Å²) < 4.78 is 5.84. The van der Waals surface area contributed by atoms with Crippen LogP contribution in [0.5, 0.6) is 0 Å². The molecule has 29 heavy (non-hydrogen) atoms. The second-order valence-corrected chi connectivity index (χ2v) is 8.48. The van der Waals surface area contributed by atoms with Crippen molar-refractivity contribution in [2.24, 2.45) is 5.10 Å². The summed E-state index contributed by atoms with van der Waals surface area (Å²) in [5.41, 5.74) is 10.6. The average Bonchev–Trinajstić information content (AvgIpc) is 3.01. The number of hydrogen-bond donors (Lipinski definition) is 3. The van der Waals surface area contributed by atoms with Gasteiger partial charge >= 0.3 is 5.91 Å². The smallest absolute Gasteiger partial charge is 0.301 e. The molecule has 3 N–H and O–H groups in total. The van der Waals surface area contributed by atoms with Crippen LogP contribution in [0.15, 0.2) is 33.8 Å². The van der Waals surface area contributed by atoms with E-state index in [0.29, 0.717) is 34.0 Å². The zero-order chi connectivity index (χ0) is 21.2. The Kier molecular flexibility index (Phi) is 6.10. The van der Waals surface area contributed by atoms with Crippen LogP contribution in [0.2, 0.25) is 5.02 Å². The topological polar surface area (TPSA) is 95.7 Å². The van der Waals surface area contributed by atoms with Gasteiger partial charge in [0, 0.05) is 33.7 Å². The van der Waals surface area contributed by atoms with E-state index in [4.69, 9.17) is 16.0 Å². The van der Waals surface area contributed by atoms with Crippen molar-refractivity contribution in [3.05, 3.63) is 57.5 Å². The highest BCUT2D eigenvalue weighted by molar-refractivity contribution is 6.31. The molecular formula is C21H25ClN4O3. The van der Waals surface area contributed by atoms with Gasteiger partial charge in [-0.15, -0.1) is 0 Å². The molecule has 0 atom stereocenters. The summed E-state index contributed by atoms with van der Waals surface area (Å²) in [5, 5.41) is 4.80. The molecule has 0 fully saturated rings. The molecule has 0 bridgehead atoms. The van der Waals surface area contributed by atoms with E-state index in [1.165, 1.54) is 0 Å². The molecule has 1 heterocycles. The minimum Gasteiger partial charge on any atom is -0.455 e. The molecule has 2 amide bonds. The van der Waals surface area contributed by atoms with E-state index in [2.05, 4.69) is 21.4 Å². The first kappa shape index (κ1) is 21.1. The lowest BCUT2D eigenvalue weighted by molar-refractivity contribution is 0.0882. The minimum absolute atomic E-state index is 0.252. The lowest BCUT2D eigenvalue weighted by Crippen LogP contribution is -2.48. The van der Waals surface area contributed by atoms with Crippen molar-refractivity contribution in [3.8, 4) is 0 Å². The van der Waals surface area contributed by atoms with Crippen molar-refractivity contribution < 1.29 is 14.0 Å². The van der Waals surface area contributed by atoms with Crippen LogP contribution in [0, 0.1) is 6.92 Å². The molecule has 1 aliphatic carbocycles. The van der Waals surface area contributed by atoms with Crippen LogP contribution >= 0.6 is 11.6 Å². The van der Waals surface area contributed by atoms with Gasteiger partial charge in [-0.1, -0.05) is 17.7 Å². The fourth-order valence-corrected chi connectivity index (χ4v) is 3.30. The monoisotopic (exact) mass is 416 g/mol. The Labute approximate surface area is 174 Å². The molecule has 7 nitrogen and oxygen atoms in total. The van der Waals surface area contributed by atoms with Crippen LogP contribution in [0.4, 0.5) is 0 Å². The normalized spacial score (nSPS) is 15.1. The highest BCUT2D eigenvalue weighted by Gasteiger charge is 2.28. The predicted molar refractivity (Wildman–Crippen MR) is 112 cm³/mol. The Bertz CT molecular complexity index is 973. The number of nitrogens with zero attached hydrogens (tertiary/aromatic N) is 1. The lowest BCUT2D eigenvalue weighted by atomic mass is 9.93. The van der Waals surface area contributed by atoms with Crippen molar-refractivity contribution in [1.82, 2.24) is 16.3 Å². The number of nitrogens with one attached hydrogen (secondary N) is 3. The van der Waals surface area contributed by atoms with E-state index in [1.54, 1.807) is 24.3 Å². The number of aryl methyl sites for hydroxylation is 1. The molecular weight excluding hydrogens is 392 g/mol. The first-order chi connectivity index (χ1) is 13.7. The number of fused-ring (bicyclic) bond motifs is 1. The Balaban J connectivity index is 1.81. The Hall–Kier alpha value is -2.64. The summed E-state index contributed by atoms with van der Waals surface area (Å²) in [6.45, 7) is 7.66. The average molecular weight is 417 g/mol. The highest BCUT2D eigenvalue weighted by atomic mass is 35.5. The third-order valence-corrected chi connectivity index (χ3v) is 4.70. The molecule has 0 saturated heterocycles. The maximum absolute atomic E-state index is 12.5. The van der Waals surface area contributed by atoms with E-state index in [0.717, 1.165) is 18.4 Å². The number of amides is 2. The Morgan fingerprint density at radius 1 is 1.17 bits per heavy atom. The van der Waals surface area contributed by atoms with Crippen molar-refractivity contribution in [2.45, 2.75) is 52.5 Å². The zero-order valence-electron chi connectivity index (χ0n) is 17.0. The maximum Gasteiger partial charge on any atom is 0.301 e. The van der Waals surface area contributed by atoms with Gasteiger partial charge in [0.25, 0.3) is 5.91 Å². The van der Waals surface area contributed by atoms with E-state index in [1.807, 2.05) is 27.7 Å². The standard InChI is InChI=1S/C21H25ClN4O3/c1-12-17-15(23-24-19(27)13-7-5-8-14(22)11-13)9-6-10-16(17)29-18(12)20(28)25-26-21(2,3)4/h5,7-8,11,26H,6,9-10H2,1-4H3,(H,24,27)(H,25,28)/b23-15+. The van der Waals surface area contributed by atoms with Crippen molar-refractivity contribution in [3.63, 3.8) is 0 Å². The van der Waals surface area contributed by atoms with E-state index in [-0.39, 0.29) is 23.1 Å². The number of hydrazone groups is 1. The second-order valence-electron chi connectivity index (χ2n) is 8.05. The van der Waals surface area contributed by atoms with Gasteiger partial charge in [-0.2, -0.15) is 5.10 Å². The number of rotatable bonds is 4. The van der Waals surface area contributed by atoms with Crippen LogP contribution in [-0.4, -0.2) is 23.1 Å². The Morgan fingerprint density at radius 2 is 1.93 bits per heavy atom. The number of benzene rings is 1. The first-order valence-electron chi connectivity index (χ1n) is 9.48. The first-order valence-corrected chi connectivity index (χ1v) is 9.86. The molecule has 0 unspecified atom stereocenters. The van der Waals surface area contributed by atoms with Crippen LogP contribution in [0.25, 0.3) is 0 Å². The number of furan rings is 1. The predicted octanol–water partition coefficient (Wildman–Crippen LogP) is 3.74. The number of hydrogen-bond acceptors (Lipinski definition) is 5. The molecule has 2 aromatic rings.